The third kappa shape index (κ3) is 4.27. The number of nitrogens with one attached hydrogen (secondary N) is 2. The second-order valence-electron chi connectivity index (χ2n) is 3.96. The number of carbonyl (C=O) groups excluding carboxylic acids is 1. The summed E-state index contributed by atoms with van der Waals surface area (Å²) in [5, 5.41) is 0.857. The third-order valence-electron chi connectivity index (χ3n) is 2.41. The minimum atomic E-state index is -0.472. The molecular formula is C12H10Cl3N5O2. The first-order valence-corrected chi connectivity index (χ1v) is 6.99. The molecule has 0 aliphatic rings. The first kappa shape index (κ1) is 16.4. The van der Waals surface area contributed by atoms with Gasteiger partial charge in [0.25, 0.3) is 5.91 Å². The molecule has 0 aliphatic carbocycles. The lowest BCUT2D eigenvalue weighted by Crippen LogP contribution is -2.34. The van der Waals surface area contributed by atoms with E-state index in [1.165, 1.54) is 12.4 Å². The van der Waals surface area contributed by atoms with Gasteiger partial charge >= 0.3 is 0 Å². The van der Waals surface area contributed by atoms with Crippen LogP contribution in [0.2, 0.25) is 15.2 Å². The molecule has 1 amide bonds. The van der Waals surface area contributed by atoms with Crippen LogP contribution in [0.15, 0.2) is 24.5 Å². The molecule has 1 aromatic heterocycles. The van der Waals surface area contributed by atoms with Crippen LogP contribution in [0.25, 0.3) is 0 Å². The van der Waals surface area contributed by atoms with E-state index in [4.69, 9.17) is 45.3 Å². The van der Waals surface area contributed by atoms with Crippen molar-refractivity contribution in [3.63, 3.8) is 0 Å². The summed E-state index contributed by atoms with van der Waals surface area (Å²) in [6.45, 7) is -0.271. The number of nitrogen functional groups attached to an aromatic ring is 1. The van der Waals surface area contributed by atoms with Gasteiger partial charge in [-0.15, -0.1) is 0 Å². The van der Waals surface area contributed by atoms with Gasteiger partial charge in [-0.25, -0.2) is 9.97 Å². The van der Waals surface area contributed by atoms with Gasteiger partial charge in [0.15, 0.2) is 17.6 Å². The van der Waals surface area contributed by atoms with Crippen molar-refractivity contribution in [3.05, 3.63) is 39.7 Å². The van der Waals surface area contributed by atoms with Crippen molar-refractivity contribution >= 4 is 52.2 Å². The van der Waals surface area contributed by atoms with Crippen molar-refractivity contribution < 1.29 is 9.53 Å². The summed E-state index contributed by atoms with van der Waals surface area (Å²) in [4.78, 5) is 19.2. The molecule has 2 aromatic rings. The average molecular weight is 363 g/mol. The lowest BCUT2D eigenvalue weighted by atomic mass is 10.3. The quantitative estimate of drug-likeness (QED) is 0.558. The highest BCUT2D eigenvalue weighted by Gasteiger charge is 2.09. The van der Waals surface area contributed by atoms with Crippen LogP contribution in [-0.4, -0.2) is 22.5 Å². The van der Waals surface area contributed by atoms with Crippen molar-refractivity contribution in [2.45, 2.75) is 0 Å². The number of benzene rings is 1. The normalized spacial score (nSPS) is 10.1. The van der Waals surface area contributed by atoms with E-state index in [2.05, 4.69) is 20.8 Å². The molecule has 1 heterocycles. The summed E-state index contributed by atoms with van der Waals surface area (Å²) >= 11 is 17.4. The summed E-state index contributed by atoms with van der Waals surface area (Å²) in [7, 11) is 0. The number of carbonyl (C=O) groups is 1. The van der Waals surface area contributed by atoms with Gasteiger partial charge in [-0.2, -0.15) is 0 Å². The maximum absolute atomic E-state index is 11.7. The van der Waals surface area contributed by atoms with Crippen LogP contribution in [0.1, 0.15) is 0 Å². The fourth-order valence-corrected chi connectivity index (χ4v) is 1.97. The van der Waals surface area contributed by atoms with Crippen molar-refractivity contribution in [3.8, 4) is 5.75 Å². The number of nitrogens with two attached hydrogens (primary N) is 1. The number of ether oxygens (including phenoxy) is 1. The lowest BCUT2D eigenvalue weighted by Gasteiger charge is -2.11. The zero-order valence-electron chi connectivity index (χ0n) is 10.9. The molecule has 0 radical (unpaired) electrons. The molecule has 0 atom stereocenters. The predicted molar refractivity (Wildman–Crippen MR) is 85.2 cm³/mol. The standard InChI is InChI=1S/C12H10Cl3N5O2/c13-6-1-2-8(7(14)3-6)22-4-9(21)19-20-12-10(16)11(15)17-5-18-12/h1-3,5H,4,16H2,(H,19,21)(H,17,18,20). The number of hydrogen-bond acceptors (Lipinski definition) is 6. The minimum absolute atomic E-state index is 0.0796. The van der Waals surface area contributed by atoms with Gasteiger partial charge in [0, 0.05) is 5.02 Å². The Kier molecular flexibility index (Phi) is 5.48. The second kappa shape index (κ2) is 7.35. The summed E-state index contributed by atoms with van der Waals surface area (Å²) in [5.41, 5.74) is 10.6. The fourth-order valence-electron chi connectivity index (χ4n) is 1.37. The number of hydrazine groups is 1. The Morgan fingerprint density at radius 2 is 2.05 bits per heavy atom. The lowest BCUT2D eigenvalue weighted by molar-refractivity contribution is -0.122. The molecule has 2 rings (SSSR count). The highest BCUT2D eigenvalue weighted by Crippen LogP contribution is 2.27. The van der Waals surface area contributed by atoms with Crippen LogP contribution < -0.4 is 21.3 Å². The van der Waals surface area contributed by atoms with Crippen LogP contribution >= 0.6 is 34.8 Å². The Bertz CT molecular complexity index is 698. The van der Waals surface area contributed by atoms with E-state index in [9.17, 15) is 4.79 Å². The SMILES string of the molecule is Nc1c(Cl)ncnc1NNC(=O)COc1ccc(Cl)cc1Cl. The Labute approximate surface area is 140 Å². The molecule has 0 saturated heterocycles. The van der Waals surface area contributed by atoms with E-state index in [1.807, 2.05) is 0 Å². The van der Waals surface area contributed by atoms with Crippen molar-refractivity contribution in [2.75, 3.05) is 17.8 Å². The molecule has 0 fully saturated rings. The van der Waals surface area contributed by atoms with Gasteiger partial charge in [0.2, 0.25) is 0 Å². The monoisotopic (exact) mass is 361 g/mol. The van der Waals surface area contributed by atoms with Crippen LogP contribution in [-0.2, 0) is 4.79 Å². The maximum atomic E-state index is 11.7. The van der Waals surface area contributed by atoms with Crippen molar-refractivity contribution in [1.29, 1.82) is 0 Å². The van der Waals surface area contributed by atoms with Gasteiger partial charge in [-0.3, -0.25) is 15.6 Å². The number of hydrogen-bond donors (Lipinski definition) is 3. The number of rotatable bonds is 5. The first-order valence-electron chi connectivity index (χ1n) is 5.86. The molecule has 116 valence electrons. The van der Waals surface area contributed by atoms with Crippen LogP contribution in [0.5, 0.6) is 5.75 Å². The van der Waals surface area contributed by atoms with E-state index < -0.39 is 5.91 Å². The molecule has 10 heteroatoms. The van der Waals surface area contributed by atoms with Crippen molar-refractivity contribution in [1.82, 2.24) is 15.4 Å². The highest BCUT2D eigenvalue weighted by molar-refractivity contribution is 6.35. The Morgan fingerprint density at radius 3 is 2.77 bits per heavy atom. The number of anilines is 2. The molecule has 7 nitrogen and oxygen atoms in total. The van der Waals surface area contributed by atoms with Gasteiger partial charge in [-0.05, 0) is 18.2 Å². The second-order valence-corrected chi connectivity index (χ2v) is 5.17. The number of halogens is 3. The molecule has 4 N–H and O–H groups in total. The number of nitrogens with zero attached hydrogens (tertiary/aromatic N) is 2. The summed E-state index contributed by atoms with van der Waals surface area (Å²) in [6, 6.07) is 4.67. The van der Waals surface area contributed by atoms with Crippen LogP contribution in [0.4, 0.5) is 11.5 Å². The van der Waals surface area contributed by atoms with Gasteiger partial charge in [0.05, 0.1) is 5.02 Å². The largest absolute Gasteiger partial charge is 0.482 e. The van der Waals surface area contributed by atoms with Gasteiger partial charge in [0.1, 0.15) is 17.8 Å². The smallest absolute Gasteiger partial charge is 0.276 e. The molecule has 0 saturated carbocycles. The van der Waals surface area contributed by atoms with E-state index in [-0.39, 0.29) is 23.3 Å². The van der Waals surface area contributed by atoms with Crippen LogP contribution in [0.3, 0.4) is 0 Å². The predicted octanol–water partition coefficient (Wildman–Crippen LogP) is 2.54. The number of amides is 1. The maximum Gasteiger partial charge on any atom is 0.276 e. The Hall–Kier alpha value is -1.96. The summed E-state index contributed by atoms with van der Waals surface area (Å²) in [6.07, 6.45) is 1.21. The zero-order chi connectivity index (χ0) is 16.1. The van der Waals surface area contributed by atoms with E-state index in [0.29, 0.717) is 15.8 Å². The Balaban J connectivity index is 1.87. The van der Waals surface area contributed by atoms with E-state index in [0.717, 1.165) is 0 Å². The van der Waals surface area contributed by atoms with Crippen molar-refractivity contribution in [2.24, 2.45) is 0 Å². The topological polar surface area (TPSA) is 102 Å². The molecule has 0 spiro atoms. The molecule has 0 aliphatic heterocycles. The van der Waals surface area contributed by atoms with Gasteiger partial charge in [-0.1, -0.05) is 34.8 Å². The molecule has 0 bridgehead atoms. The third-order valence-corrected chi connectivity index (χ3v) is 3.24. The van der Waals surface area contributed by atoms with E-state index in [1.54, 1.807) is 12.1 Å². The van der Waals surface area contributed by atoms with Crippen LogP contribution in [0, 0.1) is 0 Å². The number of aromatic nitrogens is 2. The fraction of sp³-hybridized carbons (Fsp3) is 0.0833. The highest BCUT2D eigenvalue weighted by atomic mass is 35.5. The minimum Gasteiger partial charge on any atom is -0.482 e. The Morgan fingerprint density at radius 1 is 1.27 bits per heavy atom. The summed E-state index contributed by atoms with van der Waals surface area (Å²) < 4.78 is 5.26. The molecule has 1 aromatic carbocycles. The zero-order valence-corrected chi connectivity index (χ0v) is 13.2. The first-order chi connectivity index (χ1) is 10.5. The molecule has 22 heavy (non-hydrogen) atoms. The molecular weight excluding hydrogens is 353 g/mol. The average Bonchev–Trinajstić information content (AvgIpc) is 2.48. The molecule has 0 unspecified atom stereocenters. The summed E-state index contributed by atoms with van der Waals surface area (Å²) in [5.74, 6) is 0.0452. The van der Waals surface area contributed by atoms with Gasteiger partial charge < -0.3 is 10.5 Å². The van der Waals surface area contributed by atoms with E-state index >= 15 is 0 Å².